The van der Waals surface area contributed by atoms with Crippen LogP contribution in [-0.2, 0) is 0 Å². The molecule has 3 nitrogen and oxygen atoms in total. The van der Waals surface area contributed by atoms with Crippen molar-refractivity contribution in [3.05, 3.63) is 170 Å². The standard InChI is InChI=1S/C42H28N2O/c1-2-10-31(11-3-1)43(34-26-27-42-38(28-34)37-14-6-9-17-41(37)45-42)32-22-18-29(19-23-32)30-20-24-33(25-21-30)44-39-15-7-4-12-35(39)36-13-5-8-16-40(36)44/h1-28H. The molecule has 212 valence electrons. The molecule has 0 bridgehead atoms. The van der Waals surface area contributed by atoms with Crippen LogP contribution in [0.2, 0.25) is 0 Å². The molecule has 9 rings (SSSR count). The van der Waals surface area contributed by atoms with Gasteiger partial charge < -0.3 is 13.9 Å². The van der Waals surface area contributed by atoms with E-state index in [1.807, 2.05) is 12.1 Å². The van der Waals surface area contributed by atoms with Gasteiger partial charge in [0.05, 0.1) is 11.0 Å². The number of para-hydroxylation sites is 4. The zero-order valence-corrected chi connectivity index (χ0v) is 24.5. The maximum absolute atomic E-state index is 6.12. The molecule has 0 spiro atoms. The van der Waals surface area contributed by atoms with E-state index in [-0.39, 0.29) is 0 Å². The molecule has 0 atom stereocenters. The predicted octanol–water partition coefficient (Wildman–Crippen LogP) is 11.8. The molecule has 3 heteroatoms. The average Bonchev–Trinajstić information content (AvgIpc) is 3.65. The minimum absolute atomic E-state index is 0.896. The number of nitrogens with zero attached hydrogens (tertiary/aromatic N) is 2. The summed E-state index contributed by atoms with van der Waals surface area (Å²) < 4.78 is 8.47. The van der Waals surface area contributed by atoms with Gasteiger partial charge in [-0.05, 0) is 83.9 Å². The molecule has 0 fully saturated rings. The van der Waals surface area contributed by atoms with Crippen LogP contribution in [0.4, 0.5) is 17.1 Å². The molecule has 0 N–H and O–H groups in total. The summed E-state index contributed by atoms with van der Waals surface area (Å²) in [5, 5.41) is 4.79. The summed E-state index contributed by atoms with van der Waals surface area (Å²) in [6.45, 7) is 0. The monoisotopic (exact) mass is 576 g/mol. The summed E-state index contributed by atoms with van der Waals surface area (Å²) in [4.78, 5) is 2.30. The van der Waals surface area contributed by atoms with Gasteiger partial charge in [0.25, 0.3) is 0 Å². The highest BCUT2D eigenvalue weighted by Crippen LogP contribution is 2.39. The van der Waals surface area contributed by atoms with Gasteiger partial charge in [0.1, 0.15) is 11.2 Å². The molecule has 2 heterocycles. The van der Waals surface area contributed by atoms with E-state index in [0.29, 0.717) is 0 Å². The van der Waals surface area contributed by atoms with Crippen molar-refractivity contribution in [3.8, 4) is 16.8 Å². The molecular formula is C42H28N2O. The Kier molecular flexibility index (Phi) is 5.82. The van der Waals surface area contributed by atoms with E-state index in [1.54, 1.807) is 0 Å². The molecule has 2 aromatic heterocycles. The molecule has 0 saturated carbocycles. The second kappa shape index (κ2) is 10.3. The van der Waals surface area contributed by atoms with Gasteiger partial charge in [-0.2, -0.15) is 0 Å². The Morgan fingerprint density at radius 2 is 0.889 bits per heavy atom. The molecule has 0 aliphatic heterocycles. The van der Waals surface area contributed by atoms with E-state index in [0.717, 1.165) is 44.7 Å². The van der Waals surface area contributed by atoms with Gasteiger partial charge in [0.2, 0.25) is 0 Å². The van der Waals surface area contributed by atoms with E-state index < -0.39 is 0 Å². The Morgan fingerprint density at radius 3 is 1.58 bits per heavy atom. The van der Waals surface area contributed by atoms with E-state index in [4.69, 9.17) is 4.42 Å². The predicted molar refractivity (Wildman–Crippen MR) is 188 cm³/mol. The van der Waals surface area contributed by atoms with Crippen molar-refractivity contribution < 1.29 is 4.42 Å². The summed E-state index contributed by atoms with van der Waals surface area (Å²) in [6, 6.07) is 60.2. The first-order valence-electron chi connectivity index (χ1n) is 15.3. The molecule has 0 radical (unpaired) electrons. The summed E-state index contributed by atoms with van der Waals surface area (Å²) in [5.41, 5.74) is 11.1. The van der Waals surface area contributed by atoms with Crippen LogP contribution in [0.3, 0.4) is 0 Å². The van der Waals surface area contributed by atoms with Crippen LogP contribution in [0, 0.1) is 0 Å². The first-order chi connectivity index (χ1) is 22.3. The third kappa shape index (κ3) is 4.21. The molecule has 0 saturated heterocycles. The Bertz CT molecular complexity index is 2420. The molecule has 0 amide bonds. The van der Waals surface area contributed by atoms with Crippen LogP contribution < -0.4 is 4.90 Å². The zero-order valence-electron chi connectivity index (χ0n) is 24.5. The topological polar surface area (TPSA) is 21.3 Å². The maximum Gasteiger partial charge on any atom is 0.135 e. The molecule has 0 aliphatic rings. The minimum atomic E-state index is 0.896. The number of anilines is 3. The highest BCUT2D eigenvalue weighted by molar-refractivity contribution is 6.09. The lowest BCUT2D eigenvalue weighted by atomic mass is 10.0. The van der Waals surface area contributed by atoms with Crippen molar-refractivity contribution in [2.45, 2.75) is 0 Å². The fraction of sp³-hybridized carbons (Fsp3) is 0. The van der Waals surface area contributed by atoms with Crippen LogP contribution in [0.5, 0.6) is 0 Å². The maximum atomic E-state index is 6.12. The number of hydrogen-bond acceptors (Lipinski definition) is 2. The van der Waals surface area contributed by atoms with E-state index in [2.05, 4.69) is 167 Å². The lowest BCUT2D eigenvalue weighted by molar-refractivity contribution is 0.669. The van der Waals surface area contributed by atoms with Gasteiger partial charge >= 0.3 is 0 Å². The van der Waals surface area contributed by atoms with Gasteiger partial charge in [0, 0.05) is 44.3 Å². The zero-order chi connectivity index (χ0) is 29.7. The normalized spacial score (nSPS) is 11.6. The highest BCUT2D eigenvalue weighted by atomic mass is 16.3. The summed E-state index contributed by atoms with van der Waals surface area (Å²) in [6.07, 6.45) is 0. The summed E-state index contributed by atoms with van der Waals surface area (Å²) >= 11 is 0. The lowest BCUT2D eigenvalue weighted by Crippen LogP contribution is -2.09. The molecule has 0 aliphatic carbocycles. The largest absolute Gasteiger partial charge is 0.456 e. The fourth-order valence-corrected chi connectivity index (χ4v) is 6.68. The number of furan rings is 1. The third-order valence-corrected chi connectivity index (χ3v) is 8.80. The Labute approximate surface area is 260 Å². The fourth-order valence-electron chi connectivity index (χ4n) is 6.68. The highest BCUT2D eigenvalue weighted by Gasteiger charge is 2.16. The van der Waals surface area contributed by atoms with Crippen molar-refractivity contribution in [1.82, 2.24) is 4.57 Å². The number of aromatic nitrogens is 1. The van der Waals surface area contributed by atoms with Gasteiger partial charge in [-0.3, -0.25) is 0 Å². The number of rotatable bonds is 5. The van der Waals surface area contributed by atoms with E-state index in [1.165, 1.54) is 32.9 Å². The van der Waals surface area contributed by atoms with Crippen molar-refractivity contribution in [3.63, 3.8) is 0 Å². The lowest BCUT2D eigenvalue weighted by Gasteiger charge is -2.25. The third-order valence-electron chi connectivity index (χ3n) is 8.80. The first kappa shape index (κ1) is 25.4. The number of fused-ring (bicyclic) bond motifs is 6. The van der Waals surface area contributed by atoms with Crippen molar-refractivity contribution in [1.29, 1.82) is 0 Å². The first-order valence-corrected chi connectivity index (χ1v) is 15.3. The molecule has 9 aromatic rings. The van der Waals surface area contributed by atoms with Crippen LogP contribution in [0.25, 0.3) is 60.6 Å². The van der Waals surface area contributed by atoms with Crippen LogP contribution in [0.1, 0.15) is 0 Å². The summed E-state index contributed by atoms with van der Waals surface area (Å²) in [7, 11) is 0. The van der Waals surface area contributed by atoms with Gasteiger partial charge in [-0.25, -0.2) is 0 Å². The van der Waals surface area contributed by atoms with E-state index in [9.17, 15) is 0 Å². The summed E-state index contributed by atoms with van der Waals surface area (Å²) in [5.74, 6) is 0. The molecular weight excluding hydrogens is 548 g/mol. The second-order valence-electron chi connectivity index (χ2n) is 11.4. The van der Waals surface area contributed by atoms with Crippen LogP contribution >= 0.6 is 0 Å². The van der Waals surface area contributed by atoms with Gasteiger partial charge in [-0.15, -0.1) is 0 Å². The quantitative estimate of drug-likeness (QED) is 0.203. The molecule has 45 heavy (non-hydrogen) atoms. The Morgan fingerprint density at radius 1 is 0.378 bits per heavy atom. The van der Waals surface area contributed by atoms with Crippen LogP contribution in [-0.4, -0.2) is 4.57 Å². The van der Waals surface area contributed by atoms with Crippen LogP contribution in [0.15, 0.2) is 174 Å². The second-order valence-corrected chi connectivity index (χ2v) is 11.4. The SMILES string of the molecule is c1ccc(N(c2ccc(-c3ccc(-n4c5ccccc5c5ccccc54)cc3)cc2)c2ccc3oc4ccccc4c3c2)cc1. The average molecular weight is 577 g/mol. The minimum Gasteiger partial charge on any atom is -0.456 e. The smallest absolute Gasteiger partial charge is 0.135 e. The Balaban J connectivity index is 1.09. The van der Waals surface area contributed by atoms with E-state index >= 15 is 0 Å². The van der Waals surface area contributed by atoms with Gasteiger partial charge in [-0.1, -0.05) is 97.1 Å². The van der Waals surface area contributed by atoms with Gasteiger partial charge in [0.15, 0.2) is 0 Å². The molecule has 0 unspecified atom stereocenters. The number of hydrogen-bond donors (Lipinski definition) is 0. The van der Waals surface area contributed by atoms with Crippen molar-refractivity contribution in [2.24, 2.45) is 0 Å². The Hall–Kier alpha value is -6.06. The molecule has 7 aromatic carbocycles. The van der Waals surface area contributed by atoms with Crippen molar-refractivity contribution >= 4 is 60.8 Å². The van der Waals surface area contributed by atoms with Crippen molar-refractivity contribution in [2.75, 3.05) is 4.90 Å². The number of benzene rings is 7.